The topological polar surface area (TPSA) is 118 Å². The Morgan fingerprint density at radius 3 is 2.31 bits per heavy atom. The largest absolute Gasteiger partial charge is 0.467 e. The zero-order valence-electron chi connectivity index (χ0n) is 18.3. The number of ether oxygens (including phenoxy) is 2. The minimum absolute atomic E-state index is 0.0686. The lowest BCUT2D eigenvalue weighted by Crippen LogP contribution is -2.54. The Morgan fingerprint density at radius 1 is 1.00 bits per heavy atom. The third kappa shape index (κ3) is 7.43. The number of amides is 2. The van der Waals surface area contributed by atoms with Crippen molar-refractivity contribution < 1.29 is 23.9 Å². The fourth-order valence-corrected chi connectivity index (χ4v) is 3.03. The summed E-state index contributed by atoms with van der Waals surface area (Å²) >= 11 is 0. The van der Waals surface area contributed by atoms with Crippen molar-refractivity contribution in [2.75, 3.05) is 7.11 Å². The summed E-state index contributed by atoms with van der Waals surface area (Å²) in [4.78, 5) is 37.4. The number of hydrogen-bond acceptors (Lipinski definition) is 6. The Bertz CT molecular complexity index is 969. The van der Waals surface area contributed by atoms with Gasteiger partial charge in [0.2, 0.25) is 5.91 Å². The molecule has 0 heterocycles. The number of nitrogens with zero attached hydrogens (tertiary/aromatic N) is 1. The van der Waals surface area contributed by atoms with Crippen LogP contribution in [0.4, 0.5) is 4.79 Å². The predicted octanol–water partition coefficient (Wildman–Crippen LogP) is 2.71. The molecule has 0 aliphatic heterocycles. The molecule has 8 heteroatoms. The van der Waals surface area contributed by atoms with Crippen molar-refractivity contribution in [1.82, 2.24) is 10.6 Å². The van der Waals surface area contributed by atoms with E-state index in [0.717, 1.165) is 5.56 Å². The van der Waals surface area contributed by atoms with Crippen LogP contribution >= 0.6 is 0 Å². The summed E-state index contributed by atoms with van der Waals surface area (Å²) in [6, 6.07) is 16.0. The zero-order chi connectivity index (χ0) is 23.5. The quantitative estimate of drug-likeness (QED) is 0.583. The Balaban J connectivity index is 2.04. The van der Waals surface area contributed by atoms with Crippen LogP contribution in [0.1, 0.15) is 30.5 Å². The van der Waals surface area contributed by atoms with E-state index in [2.05, 4.69) is 10.6 Å². The predicted molar refractivity (Wildman–Crippen MR) is 117 cm³/mol. The monoisotopic (exact) mass is 437 g/mol. The molecule has 168 valence electrons. The van der Waals surface area contributed by atoms with E-state index in [9.17, 15) is 14.4 Å². The maximum Gasteiger partial charge on any atom is 0.408 e. The average molecular weight is 437 g/mol. The third-order valence-electron chi connectivity index (χ3n) is 4.73. The number of hydrogen-bond donors (Lipinski definition) is 2. The molecule has 0 aliphatic carbocycles. The minimum atomic E-state index is -0.982. The van der Waals surface area contributed by atoms with Crippen LogP contribution in [0.15, 0.2) is 54.6 Å². The summed E-state index contributed by atoms with van der Waals surface area (Å²) in [6.07, 6.45) is -0.601. The molecule has 0 aliphatic rings. The van der Waals surface area contributed by atoms with Crippen molar-refractivity contribution >= 4 is 18.0 Å². The van der Waals surface area contributed by atoms with E-state index >= 15 is 0 Å². The summed E-state index contributed by atoms with van der Waals surface area (Å²) in [6.45, 7) is 3.61. The Labute approximate surface area is 187 Å². The van der Waals surface area contributed by atoms with Gasteiger partial charge in [-0.15, -0.1) is 0 Å². The van der Waals surface area contributed by atoms with Gasteiger partial charge >= 0.3 is 12.1 Å². The lowest BCUT2D eigenvalue weighted by atomic mass is 10.0. The van der Waals surface area contributed by atoms with Gasteiger partial charge < -0.3 is 20.1 Å². The number of benzene rings is 2. The number of nitriles is 1. The molecule has 2 aromatic rings. The van der Waals surface area contributed by atoms with Crippen LogP contribution in [-0.2, 0) is 32.1 Å². The van der Waals surface area contributed by atoms with Gasteiger partial charge in [-0.05, 0) is 29.2 Å². The number of carbonyl (C=O) groups is 3. The molecule has 0 bridgehead atoms. The summed E-state index contributed by atoms with van der Waals surface area (Å²) in [7, 11) is 1.23. The Kier molecular flexibility index (Phi) is 9.23. The third-order valence-corrected chi connectivity index (χ3v) is 4.73. The first-order valence-corrected chi connectivity index (χ1v) is 10.2. The van der Waals surface area contributed by atoms with E-state index < -0.39 is 30.1 Å². The first-order valence-electron chi connectivity index (χ1n) is 10.2. The highest BCUT2D eigenvalue weighted by Gasteiger charge is 2.29. The molecule has 2 amide bonds. The number of rotatable bonds is 9. The highest BCUT2D eigenvalue weighted by molar-refractivity contribution is 5.90. The van der Waals surface area contributed by atoms with Crippen LogP contribution in [-0.4, -0.2) is 37.2 Å². The lowest BCUT2D eigenvalue weighted by molar-refractivity contribution is -0.145. The van der Waals surface area contributed by atoms with Crippen LogP contribution in [0.25, 0.3) is 0 Å². The van der Waals surface area contributed by atoms with Crippen LogP contribution < -0.4 is 10.6 Å². The maximum absolute atomic E-state index is 12.9. The molecule has 2 N–H and O–H groups in total. The molecule has 2 atom stereocenters. The second-order valence-corrected chi connectivity index (χ2v) is 7.53. The maximum atomic E-state index is 12.9. The first kappa shape index (κ1) is 24.4. The lowest BCUT2D eigenvalue weighted by Gasteiger charge is -2.24. The SMILES string of the molecule is COC(=O)[C@H](Cc1cccc(C#N)c1)NC(=O)[C@H](NC(=O)OCc1ccccc1)C(C)C. The molecule has 0 aromatic heterocycles. The molecule has 0 saturated heterocycles. The van der Waals surface area contributed by atoms with Gasteiger partial charge in [0.25, 0.3) is 0 Å². The first-order chi connectivity index (χ1) is 15.3. The summed E-state index contributed by atoms with van der Waals surface area (Å²) < 4.78 is 10.0. The van der Waals surface area contributed by atoms with Crippen molar-refractivity contribution in [1.29, 1.82) is 5.26 Å². The van der Waals surface area contributed by atoms with Crippen LogP contribution in [0.3, 0.4) is 0 Å². The normalized spacial score (nSPS) is 12.2. The number of methoxy groups -OCH3 is 1. The smallest absolute Gasteiger partial charge is 0.408 e. The van der Waals surface area contributed by atoms with E-state index in [1.54, 1.807) is 38.1 Å². The molecule has 0 spiro atoms. The Hall–Kier alpha value is -3.86. The van der Waals surface area contributed by atoms with Crippen molar-refractivity contribution in [3.05, 3.63) is 71.3 Å². The van der Waals surface area contributed by atoms with Crippen molar-refractivity contribution in [3.63, 3.8) is 0 Å². The van der Waals surface area contributed by atoms with Gasteiger partial charge in [-0.3, -0.25) is 4.79 Å². The fraction of sp³-hybridized carbons (Fsp3) is 0.333. The van der Waals surface area contributed by atoms with Crippen LogP contribution in [0, 0.1) is 17.2 Å². The van der Waals surface area contributed by atoms with Crippen molar-refractivity contribution in [3.8, 4) is 6.07 Å². The summed E-state index contributed by atoms with van der Waals surface area (Å²) in [5, 5.41) is 14.3. The van der Waals surface area contributed by atoms with Crippen molar-refractivity contribution in [2.24, 2.45) is 5.92 Å². The molecule has 0 saturated carbocycles. The molecular formula is C24H27N3O5. The number of carbonyl (C=O) groups excluding carboxylic acids is 3. The van der Waals surface area contributed by atoms with E-state index in [1.807, 2.05) is 36.4 Å². The van der Waals surface area contributed by atoms with E-state index in [0.29, 0.717) is 11.1 Å². The van der Waals surface area contributed by atoms with E-state index in [-0.39, 0.29) is 18.9 Å². The second kappa shape index (κ2) is 12.1. The summed E-state index contributed by atoms with van der Waals surface area (Å²) in [5.41, 5.74) is 1.95. The number of nitrogens with one attached hydrogen (secondary N) is 2. The number of alkyl carbamates (subject to hydrolysis) is 1. The van der Waals surface area contributed by atoms with Crippen LogP contribution in [0.5, 0.6) is 0 Å². The van der Waals surface area contributed by atoms with Crippen molar-refractivity contribution in [2.45, 2.75) is 39.0 Å². The fourth-order valence-electron chi connectivity index (χ4n) is 3.03. The van der Waals surface area contributed by atoms with Crippen LogP contribution in [0.2, 0.25) is 0 Å². The highest BCUT2D eigenvalue weighted by Crippen LogP contribution is 2.10. The molecule has 0 radical (unpaired) electrons. The highest BCUT2D eigenvalue weighted by atomic mass is 16.5. The average Bonchev–Trinajstić information content (AvgIpc) is 2.80. The van der Waals surface area contributed by atoms with Gasteiger partial charge in [0, 0.05) is 6.42 Å². The Morgan fingerprint density at radius 2 is 1.69 bits per heavy atom. The molecule has 2 rings (SSSR count). The zero-order valence-corrected chi connectivity index (χ0v) is 18.3. The molecule has 0 fully saturated rings. The molecule has 32 heavy (non-hydrogen) atoms. The van der Waals surface area contributed by atoms with Gasteiger partial charge in [-0.1, -0.05) is 56.3 Å². The van der Waals surface area contributed by atoms with Gasteiger partial charge in [-0.2, -0.15) is 5.26 Å². The molecule has 2 aromatic carbocycles. The van der Waals surface area contributed by atoms with E-state index in [1.165, 1.54) is 7.11 Å². The standard InChI is InChI=1S/C24H27N3O5/c1-16(2)21(27-24(30)32-15-17-8-5-4-6-9-17)22(28)26-20(23(29)31-3)13-18-10-7-11-19(12-18)14-25/h4-12,16,20-21H,13,15H2,1-3H3,(H,26,28)(H,27,30)/t20-,21+/m0/s1. The molecular weight excluding hydrogens is 410 g/mol. The van der Waals surface area contributed by atoms with E-state index in [4.69, 9.17) is 14.7 Å². The van der Waals surface area contributed by atoms with Gasteiger partial charge in [0.05, 0.1) is 18.7 Å². The van der Waals surface area contributed by atoms with Gasteiger partial charge in [0.1, 0.15) is 18.7 Å². The molecule has 8 nitrogen and oxygen atoms in total. The van der Waals surface area contributed by atoms with Gasteiger partial charge in [0.15, 0.2) is 0 Å². The molecule has 0 unspecified atom stereocenters. The van der Waals surface area contributed by atoms with Gasteiger partial charge in [-0.25, -0.2) is 9.59 Å². The second-order valence-electron chi connectivity index (χ2n) is 7.53. The minimum Gasteiger partial charge on any atom is -0.467 e. The summed E-state index contributed by atoms with van der Waals surface area (Å²) in [5.74, 6) is -1.43. The number of esters is 1.